The van der Waals surface area contributed by atoms with E-state index in [0.29, 0.717) is 0 Å². The lowest BCUT2D eigenvalue weighted by molar-refractivity contribution is 0.322. The molecule has 0 aliphatic carbocycles. The molecule has 0 saturated heterocycles. The summed E-state index contributed by atoms with van der Waals surface area (Å²) in [7, 11) is 1.59. The molecule has 0 aliphatic rings. The number of halogens is 1. The summed E-state index contributed by atoms with van der Waals surface area (Å²) in [5.74, 6) is 0.730. The van der Waals surface area contributed by atoms with E-state index in [0.717, 1.165) is 15.8 Å². The fourth-order valence-corrected chi connectivity index (χ4v) is 1.16. The normalized spacial score (nSPS) is 10.5. The Kier molecular flexibility index (Phi) is 3.10. The first-order valence-corrected chi connectivity index (χ1v) is 4.08. The van der Waals surface area contributed by atoms with Crippen molar-refractivity contribution < 1.29 is 9.94 Å². The lowest BCUT2D eigenvalue weighted by atomic mass is 10.2. The predicted octanol–water partition coefficient (Wildman–Crippen LogP) is 2.27. The molecule has 0 aromatic heterocycles. The number of benzene rings is 1. The third-order valence-electron chi connectivity index (χ3n) is 1.40. The van der Waals surface area contributed by atoms with Crippen LogP contribution in [-0.2, 0) is 0 Å². The van der Waals surface area contributed by atoms with Gasteiger partial charge in [-0.1, -0.05) is 21.1 Å². The second-order valence-electron chi connectivity index (χ2n) is 2.13. The van der Waals surface area contributed by atoms with Gasteiger partial charge >= 0.3 is 0 Å². The van der Waals surface area contributed by atoms with Crippen molar-refractivity contribution in [2.75, 3.05) is 7.11 Å². The Balaban J connectivity index is 3.08. The van der Waals surface area contributed by atoms with Crippen LogP contribution in [0.3, 0.4) is 0 Å². The summed E-state index contributed by atoms with van der Waals surface area (Å²) in [6, 6.07) is 5.42. The van der Waals surface area contributed by atoms with Crippen molar-refractivity contribution in [2.24, 2.45) is 5.16 Å². The number of hydrogen-bond acceptors (Lipinski definition) is 3. The number of oxime groups is 1. The lowest BCUT2D eigenvalue weighted by Crippen LogP contribution is -1.87. The summed E-state index contributed by atoms with van der Waals surface area (Å²) < 4.78 is 5.85. The third-order valence-corrected chi connectivity index (χ3v) is 2.12. The molecule has 12 heavy (non-hydrogen) atoms. The van der Waals surface area contributed by atoms with Crippen molar-refractivity contribution in [3.63, 3.8) is 0 Å². The Morgan fingerprint density at radius 1 is 1.58 bits per heavy atom. The summed E-state index contributed by atoms with van der Waals surface area (Å²) in [5.41, 5.74) is 0.775. The highest BCUT2D eigenvalue weighted by molar-refractivity contribution is 9.10. The average molecular weight is 230 g/mol. The molecule has 3 nitrogen and oxygen atoms in total. The minimum absolute atomic E-state index is 0.730. The van der Waals surface area contributed by atoms with E-state index >= 15 is 0 Å². The van der Waals surface area contributed by atoms with Crippen molar-refractivity contribution in [3.8, 4) is 5.75 Å². The first-order chi connectivity index (χ1) is 5.77. The van der Waals surface area contributed by atoms with E-state index in [1.54, 1.807) is 13.2 Å². The molecule has 0 aliphatic heterocycles. The van der Waals surface area contributed by atoms with Crippen LogP contribution in [0.4, 0.5) is 0 Å². The second kappa shape index (κ2) is 4.11. The smallest absolute Gasteiger partial charge is 0.119 e. The Labute approximate surface area is 78.8 Å². The molecule has 0 heterocycles. The van der Waals surface area contributed by atoms with Crippen molar-refractivity contribution >= 4 is 22.1 Å². The maximum absolute atomic E-state index is 8.32. The monoisotopic (exact) mass is 229 g/mol. The quantitative estimate of drug-likeness (QED) is 0.481. The van der Waals surface area contributed by atoms with Gasteiger partial charge in [0, 0.05) is 10.0 Å². The van der Waals surface area contributed by atoms with E-state index in [-0.39, 0.29) is 0 Å². The van der Waals surface area contributed by atoms with Gasteiger partial charge in [-0.3, -0.25) is 0 Å². The maximum Gasteiger partial charge on any atom is 0.119 e. The zero-order valence-electron chi connectivity index (χ0n) is 6.49. The van der Waals surface area contributed by atoms with Crippen molar-refractivity contribution in [3.05, 3.63) is 28.2 Å². The zero-order chi connectivity index (χ0) is 8.97. The first kappa shape index (κ1) is 9.06. The highest BCUT2D eigenvalue weighted by Gasteiger charge is 1.98. The highest BCUT2D eigenvalue weighted by Crippen LogP contribution is 2.20. The number of methoxy groups -OCH3 is 1. The molecule has 4 heteroatoms. The van der Waals surface area contributed by atoms with E-state index in [4.69, 9.17) is 9.94 Å². The van der Waals surface area contributed by atoms with Crippen LogP contribution in [0, 0.1) is 0 Å². The van der Waals surface area contributed by atoms with Crippen LogP contribution in [0.1, 0.15) is 5.56 Å². The van der Waals surface area contributed by atoms with Gasteiger partial charge in [0.2, 0.25) is 0 Å². The van der Waals surface area contributed by atoms with Crippen LogP contribution in [0.2, 0.25) is 0 Å². The SMILES string of the molecule is COc1ccc(Br)c(/C=N/O)c1. The van der Waals surface area contributed by atoms with Crippen LogP contribution < -0.4 is 4.74 Å². The number of ether oxygens (including phenoxy) is 1. The van der Waals surface area contributed by atoms with Crippen LogP contribution in [-0.4, -0.2) is 18.5 Å². The molecule has 1 N–H and O–H groups in total. The topological polar surface area (TPSA) is 41.8 Å². The van der Waals surface area contributed by atoms with Crippen molar-refractivity contribution in [1.29, 1.82) is 0 Å². The van der Waals surface area contributed by atoms with E-state index in [1.165, 1.54) is 6.21 Å². The molecule has 1 aromatic rings. The summed E-state index contributed by atoms with van der Waals surface area (Å²) in [6.45, 7) is 0. The van der Waals surface area contributed by atoms with Gasteiger partial charge in [0.15, 0.2) is 0 Å². The molecule has 0 unspecified atom stereocenters. The Bertz CT molecular complexity index is 299. The van der Waals surface area contributed by atoms with Crippen LogP contribution in [0.15, 0.2) is 27.8 Å². The molecule has 0 spiro atoms. The molecule has 0 saturated carbocycles. The summed E-state index contributed by atoms with van der Waals surface area (Å²) in [6.07, 6.45) is 1.34. The fourth-order valence-electron chi connectivity index (χ4n) is 0.810. The lowest BCUT2D eigenvalue weighted by Gasteiger charge is -2.01. The van der Waals surface area contributed by atoms with Crippen LogP contribution in [0.5, 0.6) is 5.75 Å². The molecular weight excluding hydrogens is 222 g/mol. The standard InChI is InChI=1S/C8H8BrNO2/c1-12-7-2-3-8(9)6(4-7)5-10-11/h2-5,11H,1H3/b10-5+. The summed E-state index contributed by atoms with van der Waals surface area (Å²) in [4.78, 5) is 0. The van der Waals surface area contributed by atoms with Gasteiger partial charge in [-0.15, -0.1) is 0 Å². The van der Waals surface area contributed by atoms with Gasteiger partial charge in [-0.25, -0.2) is 0 Å². The number of rotatable bonds is 2. The Hall–Kier alpha value is -1.03. The molecule has 0 atom stereocenters. The van der Waals surface area contributed by atoms with Crippen molar-refractivity contribution in [1.82, 2.24) is 0 Å². The maximum atomic E-state index is 8.32. The van der Waals surface area contributed by atoms with Gasteiger partial charge in [-0.05, 0) is 18.2 Å². The summed E-state index contributed by atoms with van der Waals surface area (Å²) in [5, 5.41) is 11.2. The molecule has 0 amide bonds. The van der Waals surface area contributed by atoms with Gasteiger partial charge in [0.1, 0.15) is 5.75 Å². The molecule has 1 rings (SSSR count). The van der Waals surface area contributed by atoms with E-state index in [9.17, 15) is 0 Å². The second-order valence-corrected chi connectivity index (χ2v) is 2.99. The van der Waals surface area contributed by atoms with Gasteiger partial charge in [0.05, 0.1) is 13.3 Å². The number of hydrogen-bond donors (Lipinski definition) is 1. The van der Waals surface area contributed by atoms with Gasteiger partial charge in [0.25, 0.3) is 0 Å². The number of nitrogens with zero attached hydrogens (tertiary/aromatic N) is 1. The highest BCUT2D eigenvalue weighted by atomic mass is 79.9. The van der Waals surface area contributed by atoms with Crippen LogP contribution >= 0.6 is 15.9 Å². The largest absolute Gasteiger partial charge is 0.497 e. The average Bonchev–Trinajstić information content (AvgIpc) is 2.09. The first-order valence-electron chi connectivity index (χ1n) is 3.29. The van der Waals surface area contributed by atoms with Gasteiger partial charge in [-0.2, -0.15) is 0 Å². The molecule has 64 valence electrons. The van der Waals surface area contributed by atoms with Crippen LogP contribution in [0.25, 0.3) is 0 Å². The molecule has 1 aromatic carbocycles. The predicted molar refractivity (Wildman–Crippen MR) is 50.1 cm³/mol. The third kappa shape index (κ3) is 1.98. The van der Waals surface area contributed by atoms with Crippen molar-refractivity contribution in [2.45, 2.75) is 0 Å². The molecule has 0 bridgehead atoms. The Morgan fingerprint density at radius 3 is 2.92 bits per heavy atom. The van der Waals surface area contributed by atoms with E-state index in [2.05, 4.69) is 21.1 Å². The molecule has 0 fully saturated rings. The molecule has 0 radical (unpaired) electrons. The van der Waals surface area contributed by atoms with E-state index in [1.807, 2.05) is 12.1 Å². The van der Waals surface area contributed by atoms with Gasteiger partial charge < -0.3 is 9.94 Å². The summed E-state index contributed by atoms with van der Waals surface area (Å²) >= 11 is 3.30. The molecular formula is C8H8BrNO2. The minimum atomic E-state index is 0.730. The van der Waals surface area contributed by atoms with E-state index < -0.39 is 0 Å². The zero-order valence-corrected chi connectivity index (χ0v) is 8.08. The fraction of sp³-hybridized carbons (Fsp3) is 0.125. The minimum Gasteiger partial charge on any atom is -0.497 e. The Morgan fingerprint density at radius 2 is 2.33 bits per heavy atom.